The summed E-state index contributed by atoms with van der Waals surface area (Å²) in [5.41, 5.74) is 0.599. The number of aliphatic hydroxyl groups excluding tert-OH is 1. The molecule has 1 aliphatic heterocycles. The molecule has 2 aromatic heterocycles. The molecule has 0 bridgehead atoms. The zero-order chi connectivity index (χ0) is 19.7. The van der Waals surface area contributed by atoms with Crippen molar-refractivity contribution in [3.05, 3.63) is 58.3 Å². The molecule has 0 aliphatic carbocycles. The average molecular weight is 382 g/mol. The molecule has 1 fully saturated rings. The van der Waals surface area contributed by atoms with Crippen LogP contribution in [0, 0.1) is 0 Å². The molecule has 1 atom stereocenters. The Kier molecular flexibility index (Phi) is 5.28. The summed E-state index contributed by atoms with van der Waals surface area (Å²) >= 11 is 0. The first-order valence-electron chi connectivity index (χ1n) is 9.87. The second-order valence-electron chi connectivity index (χ2n) is 7.61. The van der Waals surface area contributed by atoms with Gasteiger partial charge in [-0.3, -0.25) is 14.3 Å². The third kappa shape index (κ3) is 3.47. The van der Waals surface area contributed by atoms with Crippen molar-refractivity contribution in [1.82, 2.24) is 19.4 Å². The standard InChI is InChI=1S/C21H26N4O3/c1-14(2)18-12-22-19(28-18)13-24-9-5-8-17(24)20-23-16-7-4-3-6-15(16)21(27)25(20)10-11-26/h3-4,6-7,12,14,17,26H,5,8-11,13H2,1-2H3. The van der Waals surface area contributed by atoms with Crippen molar-refractivity contribution in [2.24, 2.45) is 0 Å². The molecule has 7 nitrogen and oxygen atoms in total. The topological polar surface area (TPSA) is 84.4 Å². The summed E-state index contributed by atoms with van der Waals surface area (Å²) in [6, 6.07) is 7.38. The first-order chi connectivity index (χ1) is 13.6. The van der Waals surface area contributed by atoms with Crippen molar-refractivity contribution in [3.8, 4) is 0 Å². The van der Waals surface area contributed by atoms with Crippen molar-refractivity contribution >= 4 is 10.9 Å². The number of oxazole rings is 1. The Morgan fingerprint density at radius 3 is 2.89 bits per heavy atom. The number of benzene rings is 1. The zero-order valence-electron chi connectivity index (χ0n) is 16.3. The molecule has 1 saturated heterocycles. The minimum Gasteiger partial charge on any atom is -0.444 e. The summed E-state index contributed by atoms with van der Waals surface area (Å²) < 4.78 is 7.51. The van der Waals surface area contributed by atoms with Gasteiger partial charge in [0.05, 0.1) is 42.8 Å². The summed E-state index contributed by atoms with van der Waals surface area (Å²) in [5.74, 6) is 2.58. The molecule has 0 spiro atoms. The molecule has 4 rings (SSSR count). The fourth-order valence-corrected chi connectivity index (χ4v) is 3.90. The van der Waals surface area contributed by atoms with E-state index in [-0.39, 0.29) is 24.8 Å². The maximum Gasteiger partial charge on any atom is 0.261 e. The molecule has 0 amide bonds. The number of hydrogen-bond donors (Lipinski definition) is 1. The van der Waals surface area contributed by atoms with Crippen LogP contribution in [-0.2, 0) is 13.1 Å². The van der Waals surface area contributed by atoms with Crippen molar-refractivity contribution in [2.45, 2.75) is 51.7 Å². The summed E-state index contributed by atoms with van der Waals surface area (Å²) in [4.78, 5) is 24.5. The van der Waals surface area contributed by atoms with E-state index in [4.69, 9.17) is 9.40 Å². The molecule has 148 valence electrons. The number of aliphatic hydroxyl groups is 1. The first-order valence-corrected chi connectivity index (χ1v) is 9.87. The molecule has 1 aromatic carbocycles. The van der Waals surface area contributed by atoms with Gasteiger partial charge in [-0.2, -0.15) is 0 Å². The predicted molar refractivity (Wildman–Crippen MR) is 106 cm³/mol. The highest BCUT2D eigenvalue weighted by Crippen LogP contribution is 2.32. The molecule has 7 heteroatoms. The minimum atomic E-state index is -0.100. The lowest BCUT2D eigenvalue weighted by atomic mass is 10.1. The fraction of sp³-hybridized carbons (Fsp3) is 0.476. The number of rotatable bonds is 6. The van der Waals surface area contributed by atoms with Gasteiger partial charge >= 0.3 is 0 Å². The maximum atomic E-state index is 13.0. The monoisotopic (exact) mass is 382 g/mol. The van der Waals surface area contributed by atoms with Crippen molar-refractivity contribution in [2.75, 3.05) is 13.2 Å². The van der Waals surface area contributed by atoms with Crippen LogP contribution in [0.1, 0.15) is 56.1 Å². The van der Waals surface area contributed by atoms with E-state index in [0.717, 1.165) is 25.1 Å². The Morgan fingerprint density at radius 1 is 1.32 bits per heavy atom. The van der Waals surface area contributed by atoms with Crippen LogP contribution >= 0.6 is 0 Å². The van der Waals surface area contributed by atoms with Gasteiger partial charge in [-0.1, -0.05) is 26.0 Å². The molecular weight excluding hydrogens is 356 g/mol. The normalized spacial score (nSPS) is 17.8. The van der Waals surface area contributed by atoms with Crippen LogP contribution in [0.5, 0.6) is 0 Å². The Labute approximate surface area is 163 Å². The van der Waals surface area contributed by atoms with Gasteiger partial charge in [-0.25, -0.2) is 9.97 Å². The molecule has 1 N–H and O–H groups in total. The molecular formula is C21H26N4O3. The van der Waals surface area contributed by atoms with E-state index in [0.29, 0.717) is 35.1 Å². The molecule has 1 unspecified atom stereocenters. The lowest BCUT2D eigenvalue weighted by molar-refractivity contribution is 0.203. The Morgan fingerprint density at radius 2 is 2.14 bits per heavy atom. The third-order valence-electron chi connectivity index (χ3n) is 5.36. The Balaban J connectivity index is 1.70. The van der Waals surface area contributed by atoms with E-state index >= 15 is 0 Å². The van der Waals surface area contributed by atoms with Crippen LogP contribution in [0.4, 0.5) is 0 Å². The summed E-state index contributed by atoms with van der Waals surface area (Å²) in [6.45, 7) is 5.78. The highest BCUT2D eigenvalue weighted by Gasteiger charge is 2.31. The summed E-state index contributed by atoms with van der Waals surface area (Å²) in [5, 5.41) is 10.1. The third-order valence-corrected chi connectivity index (χ3v) is 5.36. The minimum absolute atomic E-state index is 0.00161. The SMILES string of the molecule is CC(C)c1cnc(CN2CCCC2c2nc3ccccc3c(=O)n2CCO)o1. The second kappa shape index (κ2) is 7.85. The van der Waals surface area contributed by atoms with Crippen LogP contribution in [0.3, 0.4) is 0 Å². The average Bonchev–Trinajstić information content (AvgIpc) is 3.34. The number of para-hydroxylation sites is 1. The van der Waals surface area contributed by atoms with E-state index in [2.05, 4.69) is 23.7 Å². The Bertz CT molecular complexity index is 1020. The number of likely N-dealkylation sites (tertiary alicyclic amines) is 1. The predicted octanol–water partition coefficient (Wildman–Crippen LogP) is 2.84. The van der Waals surface area contributed by atoms with E-state index in [1.54, 1.807) is 16.8 Å². The van der Waals surface area contributed by atoms with Gasteiger partial charge < -0.3 is 9.52 Å². The highest BCUT2D eigenvalue weighted by atomic mass is 16.4. The highest BCUT2D eigenvalue weighted by molar-refractivity contribution is 5.77. The zero-order valence-corrected chi connectivity index (χ0v) is 16.3. The number of hydrogen-bond acceptors (Lipinski definition) is 6. The van der Waals surface area contributed by atoms with Crippen molar-refractivity contribution in [3.63, 3.8) is 0 Å². The summed E-state index contributed by atoms with van der Waals surface area (Å²) in [7, 11) is 0. The first kappa shape index (κ1) is 18.8. The van der Waals surface area contributed by atoms with Crippen LogP contribution in [0.2, 0.25) is 0 Å². The lowest BCUT2D eigenvalue weighted by Crippen LogP contribution is -2.33. The molecule has 0 saturated carbocycles. The fourth-order valence-electron chi connectivity index (χ4n) is 3.90. The molecule has 1 aliphatic rings. The van der Waals surface area contributed by atoms with Gasteiger partial charge in [-0.15, -0.1) is 0 Å². The Hall–Kier alpha value is -2.51. The van der Waals surface area contributed by atoms with E-state index in [1.807, 2.05) is 18.2 Å². The van der Waals surface area contributed by atoms with Gasteiger partial charge in [0, 0.05) is 5.92 Å². The van der Waals surface area contributed by atoms with Gasteiger partial charge in [0.25, 0.3) is 5.56 Å². The number of nitrogens with zero attached hydrogens (tertiary/aromatic N) is 4. The van der Waals surface area contributed by atoms with Crippen molar-refractivity contribution in [1.29, 1.82) is 0 Å². The summed E-state index contributed by atoms with van der Waals surface area (Å²) in [6.07, 6.45) is 3.72. The van der Waals surface area contributed by atoms with Gasteiger partial charge in [0.1, 0.15) is 11.6 Å². The van der Waals surface area contributed by atoms with Gasteiger partial charge in [0.2, 0.25) is 5.89 Å². The smallest absolute Gasteiger partial charge is 0.261 e. The quantitative estimate of drug-likeness (QED) is 0.706. The van der Waals surface area contributed by atoms with Gasteiger partial charge in [-0.05, 0) is 31.5 Å². The van der Waals surface area contributed by atoms with Gasteiger partial charge in [0.15, 0.2) is 0 Å². The van der Waals surface area contributed by atoms with Crippen LogP contribution < -0.4 is 5.56 Å². The van der Waals surface area contributed by atoms with Crippen molar-refractivity contribution < 1.29 is 9.52 Å². The van der Waals surface area contributed by atoms with Crippen LogP contribution in [0.25, 0.3) is 10.9 Å². The lowest BCUT2D eigenvalue weighted by Gasteiger charge is -2.25. The molecule has 3 aromatic rings. The number of aromatic nitrogens is 3. The van der Waals surface area contributed by atoms with E-state index in [1.165, 1.54) is 0 Å². The second-order valence-corrected chi connectivity index (χ2v) is 7.61. The van der Waals surface area contributed by atoms with E-state index in [9.17, 15) is 9.90 Å². The molecule has 3 heterocycles. The van der Waals surface area contributed by atoms with Crippen LogP contribution in [-0.4, -0.2) is 37.7 Å². The maximum absolute atomic E-state index is 13.0. The van der Waals surface area contributed by atoms with Crippen LogP contribution in [0.15, 0.2) is 39.7 Å². The molecule has 28 heavy (non-hydrogen) atoms. The van der Waals surface area contributed by atoms with E-state index < -0.39 is 0 Å². The number of fused-ring (bicyclic) bond motifs is 1. The largest absolute Gasteiger partial charge is 0.444 e. The molecule has 0 radical (unpaired) electrons.